The van der Waals surface area contributed by atoms with Gasteiger partial charge in [-0.1, -0.05) is 12.1 Å². The van der Waals surface area contributed by atoms with E-state index in [0.29, 0.717) is 37.5 Å². The van der Waals surface area contributed by atoms with Gasteiger partial charge in [0.1, 0.15) is 17.3 Å². The Hall–Kier alpha value is -4.26. The number of benzene rings is 2. The molecule has 9 nitrogen and oxygen atoms in total. The lowest BCUT2D eigenvalue weighted by molar-refractivity contribution is -0.135. The first-order valence-corrected chi connectivity index (χ1v) is 11.0. The Morgan fingerprint density at radius 2 is 1.86 bits per heavy atom. The van der Waals surface area contributed by atoms with Gasteiger partial charge in [-0.2, -0.15) is 5.26 Å². The highest BCUT2D eigenvalue weighted by molar-refractivity contribution is 5.97. The van der Waals surface area contributed by atoms with Gasteiger partial charge in [0.2, 0.25) is 5.91 Å². The van der Waals surface area contributed by atoms with Crippen LogP contribution in [-0.4, -0.2) is 57.2 Å². The second kappa shape index (κ2) is 9.93. The summed E-state index contributed by atoms with van der Waals surface area (Å²) in [6, 6.07) is 13.2. The standard InChI is InChI=1S/C25H25FN4O5/c1-33-19-5-3-4-17-20(21(23(28)34-2)25(32)35-22(17)19)18(14-27)24(31)30-12-10-29(11-13-30)16-8-6-15(26)7-9-16/h3-9,18,20H,10-13,28H2,1-2H3/b23-21+. The number of methoxy groups -OCH3 is 2. The van der Waals surface area contributed by atoms with Crippen LogP contribution in [0.4, 0.5) is 10.1 Å². The van der Waals surface area contributed by atoms with Crippen molar-refractivity contribution in [2.75, 3.05) is 45.3 Å². The van der Waals surface area contributed by atoms with E-state index >= 15 is 0 Å². The molecule has 2 heterocycles. The lowest BCUT2D eigenvalue weighted by Crippen LogP contribution is -2.51. The first-order chi connectivity index (χ1) is 16.9. The van der Waals surface area contributed by atoms with Crippen LogP contribution in [-0.2, 0) is 14.3 Å². The summed E-state index contributed by atoms with van der Waals surface area (Å²) in [5, 5.41) is 10.1. The predicted molar refractivity (Wildman–Crippen MR) is 124 cm³/mol. The number of carbonyl (C=O) groups is 2. The molecule has 1 saturated heterocycles. The molecule has 2 atom stereocenters. The van der Waals surface area contributed by atoms with Crippen LogP contribution in [0, 0.1) is 23.1 Å². The minimum atomic E-state index is -1.25. The zero-order valence-electron chi connectivity index (χ0n) is 19.4. The Morgan fingerprint density at radius 3 is 2.46 bits per heavy atom. The highest BCUT2D eigenvalue weighted by Crippen LogP contribution is 2.47. The van der Waals surface area contributed by atoms with Gasteiger partial charge in [0, 0.05) is 37.4 Å². The van der Waals surface area contributed by atoms with Gasteiger partial charge in [-0.05, 0) is 30.3 Å². The molecule has 2 aromatic carbocycles. The molecule has 0 saturated carbocycles. The highest BCUT2D eigenvalue weighted by atomic mass is 19.1. The molecule has 4 rings (SSSR count). The number of ether oxygens (including phenoxy) is 3. The van der Waals surface area contributed by atoms with Crippen LogP contribution >= 0.6 is 0 Å². The zero-order valence-corrected chi connectivity index (χ0v) is 19.4. The van der Waals surface area contributed by atoms with E-state index in [-0.39, 0.29) is 23.0 Å². The second-order valence-corrected chi connectivity index (χ2v) is 8.12. The molecule has 2 aliphatic rings. The number of piperazine rings is 1. The van der Waals surface area contributed by atoms with Crippen molar-refractivity contribution in [3.05, 3.63) is 65.3 Å². The molecule has 0 aromatic heterocycles. The van der Waals surface area contributed by atoms with Gasteiger partial charge < -0.3 is 29.7 Å². The Labute approximate surface area is 202 Å². The van der Waals surface area contributed by atoms with Crippen molar-refractivity contribution in [2.45, 2.75) is 5.92 Å². The van der Waals surface area contributed by atoms with E-state index in [2.05, 4.69) is 6.07 Å². The van der Waals surface area contributed by atoms with Gasteiger partial charge in [-0.25, -0.2) is 9.18 Å². The van der Waals surface area contributed by atoms with Crippen molar-refractivity contribution in [3.63, 3.8) is 0 Å². The third-order valence-corrected chi connectivity index (χ3v) is 6.30. The molecule has 10 heteroatoms. The van der Waals surface area contributed by atoms with E-state index in [9.17, 15) is 19.2 Å². The first kappa shape index (κ1) is 23.9. The fraction of sp³-hybridized carbons (Fsp3) is 0.320. The SMILES string of the molecule is CO/C(N)=C1/C(=O)Oc2c(OC)cccc2C1C(C#N)C(=O)N1CCN(c2ccc(F)cc2)CC1. The van der Waals surface area contributed by atoms with Gasteiger partial charge >= 0.3 is 5.97 Å². The molecule has 2 unspecified atom stereocenters. The lowest BCUT2D eigenvalue weighted by Gasteiger charge is -2.38. The molecular weight excluding hydrogens is 455 g/mol. The van der Waals surface area contributed by atoms with Crippen LogP contribution in [0.1, 0.15) is 11.5 Å². The topological polar surface area (TPSA) is 118 Å². The maximum Gasteiger partial charge on any atom is 0.345 e. The molecule has 2 N–H and O–H groups in total. The van der Waals surface area contributed by atoms with Gasteiger partial charge in [0.25, 0.3) is 0 Å². The molecule has 1 fully saturated rings. The summed E-state index contributed by atoms with van der Waals surface area (Å²) in [6.07, 6.45) is 0. The van der Waals surface area contributed by atoms with E-state index in [1.165, 1.54) is 26.4 Å². The first-order valence-electron chi connectivity index (χ1n) is 11.0. The zero-order chi connectivity index (χ0) is 25.1. The smallest absolute Gasteiger partial charge is 0.345 e. The number of fused-ring (bicyclic) bond motifs is 1. The Balaban J connectivity index is 1.64. The third kappa shape index (κ3) is 4.45. The number of hydrogen-bond donors (Lipinski definition) is 1. The number of amides is 1. The maximum absolute atomic E-state index is 13.6. The number of rotatable bonds is 5. The Morgan fingerprint density at radius 1 is 1.17 bits per heavy atom. The number of anilines is 1. The summed E-state index contributed by atoms with van der Waals surface area (Å²) in [7, 11) is 2.73. The van der Waals surface area contributed by atoms with E-state index in [0.717, 1.165) is 5.69 Å². The molecule has 2 aliphatic heterocycles. The largest absolute Gasteiger partial charge is 0.493 e. The number of nitriles is 1. The van der Waals surface area contributed by atoms with Gasteiger partial charge in [-0.3, -0.25) is 4.79 Å². The maximum atomic E-state index is 13.6. The molecule has 0 aliphatic carbocycles. The third-order valence-electron chi connectivity index (χ3n) is 6.30. The number of nitrogens with two attached hydrogens (primary N) is 1. The molecule has 35 heavy (non-hydrogen) atoms. The molecule has 1 amide bonds. The van der Waals surface area contributed by atoms with Crippen LogP contribution in [0.2, 0.25) is 0 Å². The normalized spacial score (nSPS) is 19.7. The van der Waals surface area contributed by atoms with E-state index in [4.69, 9.17) is 19.9 Å². The van der Waals surface area contributed by atoms with Crippen molar-refractivity contribution in [1.82, 2.24) is 4.90 Å². The summed E-state index contributed by atoms with van der Waals surface area (Å²) in [5.74, 6) is -3.59. The van der Waals surface area contributed by atoms with Crippen molar-refractivity contribution < 1.29 is 28.2 Å². The molecule has 2 aromatic rings. The van der Waals surface area contributed by atoms with Crippen molar-refractivity contribution >= 4 is 17.6 Å². The van der Waals surface area contributed by atoms with Gasteiger partial charge in [0.15, 0.2) is 17.4 Å². The van der Waals surface area contributed by atoms with E-state index < -0.39 is 23.7 Å². The van der Waals surface area contributed by atoms with Crippen LogP contribution in [0.3, 0.4) is 0 Å². The van der Waals surface area contributed by atoms with E-state index in [1.54, 1.807) is 35.2 Å². The summed E-state index contributed by atoms with van der Waals surface area (Å²) in [5.41, 5.74) is 7.18. The number of carbonyl (C=O) groups excluding carboxylic acids is 2. The summed E-state index contributed by atoms with van der Waals surface area (Å²) in [6.45, 7) is 1.73. The number of nitrogens with zero attached hydrogens (tertiary/aromatic N) is 3. The molecule has 0 bridgehead atoms. The fourth-order valence-electron chi connectivity index (χ4n) is 4.49. The summed E-state index contributed by atoms with van der Waals surface area (Å²) in [4.78, 5) is 30.1. The second-order valence-electron chi connectivity index (χ2n) is 8.12. The molecular formula is C25H25FN4O5. The summed E-state index contributed by atoms with van der Waals surface area (Å²) < 4.78 is 29.1. The van der Waals surface area contributed by atoms with Crippen LogP contribution in [0.5, 0.6) is 11.5 Å². The van der Waals surface area contributed by atoms with Crippen molar-refractivity contribution in [3.8, 4) is 17.6 Å². The number of hydrogen-bond acceptors (Lipinski definition) is 8. The predicted octanol–water partition coefficient (Wildman–Crippen LogP) is 2.14. The van der Waals surface area contributed by atoms with Crippen LogP contribution in [0.25, 0.3) is 0 Å². The van der Waals surface area contributed by atoms with E-state index in [1.807, 2.05) is 4.90 Å². The highest BCUT2D eigenvalue weighted by Gasteiger charge is 2.45. The fourth-order valence-corrected chi connectivity index (χ4v) is 4.49. The molecule has 0 radical (unpaired) electrons. The monoisotopic (exact) mass is 480 g/mol. The lowest BCUT2D eigenvalue weighted by atomic mass is 9.78. The molecule has 182 valence electrons. The number of esters is 1. The Bertz CT molecular complexity index is 1200. The minimum Gasteiger partial charge on any atom is -0.493 e. The van der Waals surface area contributed by atoms with Gasteiger partial charge in [0.05, 0.1) is 26.2 Å². The quantitative estimate of drug-likeness (QED) is 0.299. The summed E-state index contributed by atoms with van der Waals surface area (Å²) >= 11 is 0. The average Bonchev–Trinajstić information content (AvgIpc) is 2.88. The van der Waals surface area contributed by atoms with Crippen molar-refractivity contribution in [2.24, 2.45) is 11.7 Å². The number of para-hydroxylation sites is 1. The molecule has 0 spiro atoms. The van der Waals surface area contributed by atoms with Crippen LogP contribution < -0.4 is 20.1 Å². The minimum absolute atomic E-state index is 0.0851. The Kier molecular flexibility index (Phi) is 6.78. The van der Waals surface area contributed by atoms with Crippen molar-refractivity contribution in [1.29, 1.82) is 5.26 Å². The number of halogens is 1. The van der Waals surface area contributed by atoms with Gasteiger partial charge in [-0.15, -0.1) is 0 Å². The van der Waals surface area contributed by atoms with Crippen LogP contribution in [0.15, 0.2) is 53.9 Å². The average molecular weight is 480 g/mol.